The molecular weight excluding hydrogens is 465 g/mol. The summed E-state index contributed by atoms with van der Waals surface area (Å²) in [6.07, 6.45) is 0. The van der Waals surface area contributed by atoms with Gasteiger partial charge >= 0.3 is 22.8 Å². The lowest BCUT2D eigenvalue weighted by Crippen LogP contribution is -2.11. The average Bonchev–Trinajstić information content (AvgIpc) is 2.67. The molecule has 164 valence electrons. The predicted octanol–water partition coefficient (Wildman–Crippen LogP) is 1.28. The predicted molar refractivity (Wildman–Crippen MR) is 115 cm³/mol. The second-order valence-corrected chi connectivity index (χ2v) is 11.7. The second kappa shape index (κ2) is 8.57. The Morgan fingerprint density at radius 3 is 0.774 bits per heavy atom. The van der Waals surface area contributed by atoms with Gasteiger partial charge in [-0.15, -0.1) is 0 Å². The van der Waals surface area contributed by atoms with Crippen LogP contribution in [0.1, 0.15) is 22.6 Å². The minimum atomic E-state index is -4.44. The van der Waals surface area contributed by atoms with Gasteiger partial charge in [-0.05, 0) is 53.1 Å². The molecule has 0 amide bonds. The molecule has 0 saturated carbocycles. The highest BCUT2D eigenvalue weighted by Gasteiger charge is 2.23. The summed E-state index contributed by atoms with van der Waals surface area (Å²) in [6.45, 7) is 0. The van der Waals surface area contributed by atoms with Crippen LogP contribution >= 0.6 is 22.8 Å². The third kappa shape index (κ3) is 5.68. The van der Waals surface area contributed by atoms with Gasteiger partial charge in [-0.1, -0.05) is 36.4 Å². The molecule has 0 bridgehead atoms. The fraction of sp³-hybridized carbons (Fsp3) is 0.0526. The van der Waals surface area contributed by atoms with Crippen molar-refractivity contribution >= 4 is 38.7 Å². The summed E-state index contributed by atoms with van der Waals surface area (Å²) in [6, 6.07) is 16.9. The first-order valence-corrected chi connectivity index (χ1v) is 13.6. The Kier molecular flexibility index (Phi) is 6.57. The molecule has 3 aromatic carbocycles. The van der Waals surface area contributed by atoms with Crippen LogP contribution in [0.3, 0.4) is 0 Å². The van der Waals surface area contributed by atoms with Crippen molar-refractivity contribution in [1.29, 1.82) is 0 Å². The maximum atomic E-state index is 11.5. The van der Waals surface area contributed by atoms with E-state index in [-0.39, 0.29) is 15.9 Å². The van der Waals surface area contributed by atoms with E-state index < -0.39 is 28.7 Å². The van der Waals surface area contributed by atoms with Gasteiger partial charge in [0.15, 0.2) is 0 Å². The van der Waals surface area contributed by atoms with Crippen LogP contribution in [0.5, 0.6) is 0 Å². The van der Waals surface area contributed by atoms with Crippen LogP contribution < -0.4 is 15.9 Å². The smallest absolute Gasteiger partial charge is 0.321 e. The fourth-order valence-electron chi connectivity index (χ4n) is 3.16. The zero-order chi connectivity index (χ0) is 23.0. The normalized spacial score (nSPS) is 12.9. The zero-order valence-electron chi connectivity index (χ0n) is 15.8. The van der Waals surface area contributed by atoms with Gasteiger partial charge in [0.05, 0.1) is 15.9 Å². The summed E-state index contributed by atoms with van der Waals surface area (Å²) >= 11 is 0. The van der Waals surface area contributed by atoms with E-state index >= 15 is 0 Å². The van der Waals surface area contributed by atoms with E-state index in [9.17, 15) is 43.1 Å². The summed E-state index contributed by atoms with van der Waals surface area (Å²) in [5, 5.41) is -0.490. The minimum Gasteiger partial charge on any atom is -0.321 e. The van der Waals surface area contributed by atoms with Gasteiger partial charge in [0.25, 0.3) is 0 Å². The molecule has 0 saturated heterocycles. The molecule has 0 heterocycles. The van der Waals surface area contributed by atoms with Crippen LogP contribution in [-0.2, 0) is 13.7 Å². The molecule has 3 aromatic rings. The summed E-state index contributed by atoms with van der Waals surface area (Å²) in [7, 11) is -13.3. The molecule has 0 aliphatic rings. The quantitative estimate of drug-likeness (QED) is 0.223. The third-order valence-corrected chi connectivity index (χ3v) is 7.60. The minimum absolute atomic E-state index is 0.163. The molecule has 9 nitrogen and oxygen atoms in total. The highest BCUT2D eigenvalue weighted by molar-refractivity contribution is 7.60. The Morgan fingerprint density at radius 1 is 0.419 bits per heavy atom. The first-order chi connectivity index (χ1) is 14.3. The van der Waals surface area contributed by atoms with E-state index in [1.54, 1.807) is 0 Å². The molecule has 0 spiro atoms. The lowest BCUT2D eigenvalue weighted by atomic mass is 9.85. The Balaban J connectivity index is 2.11. The van der Waals surface area contributed by atoms with Crippen LogP contribution in [0.2, 0.25) is 0 Å². The van der Waals surface area contributed by atoms with Gasteiger partial charge in [-0.2, -0.15) is 0 Å². The van der Waals surface area contributed by atoms with Gasteiger partial charge in [0, 0.05) is 5.92 Å². The Bertz CT molecular complexity index is 1050. The van der Waals surface area contributed by atoms with Crippen LogP contribution in [0.15, 0.2) is 72.8 Å². The summed E-state index contributed by atoms with van der Waals surface area (Å²) in [5.74, 6) is -0.525. The molecular formula is C19H19O9P3. The van der Waals surface area contributed by atoms with Crippen molar-refractivity contribution in [2.24, 2.45) is 0 Å². The average molecular weight is 484 g/mol. The van der Waals surface area contributed by atoms with Crippen molar-refractivity contribution in [2.45, 2.75) is 5.92 Å². The van der Waals surface area contributed by atoms with E-state index in [0.29, 0.717) is 16.7 Å². The van der Waals surface area contributed by atoms with Crippen LogP contribution in [-0.4, -0.2) is 29.4 Å². The largest absolute Gasteiger partial charge is 0.356 e. The number of hydrogen-bond donors (Lipinski definition) is 6. The first kappa shape index (κ1) is 23.8. The van der Waals surface area contributed by atoms with Crippen molar-refractivity contribution in [1.82, 2.24) is 0 Å². The van der Waals surface area contributed by atoms with Crippen molar-refractivity contribution < 1.29 is 43.1 Å². The summed E-state index contributed by atoms with van der Waals surface area (Å²) < 4.78 is 34.4. The maximum absolute atomic E-state index is 11.5. The van der Waals surface area contributed by atoms with Gasteiger partial charge < -0.3 is 29.4 Å². The molecule has 12 heteroatoms. The molecule has 0 fully saturated rings. The lowest BCUT2D eigenvalue weighted by Gasteiger charge is -2.20. The molecule has 6 N–H and O–H groups in total. The highest BCUT2D eigenvalue weighted by atomic mass is 31.2. The molecule has 0 radical (unpaired) electrons. The Hall–Kier alpha value is -1.89. The second-order valence-electron chi connectivity index (χ2n) is 6.84. The molecule has 0 atom stereocenters. The molecule has 31 heavy (non-hydrogen) atoms. The number of hydrogen-bond acceptors (Lipinski definition) is 3. The SMILES string of the molecule is O=P(O)(O)c1ccc(C(c2ccc(P(=O)(O)O)cc2)c2ccc(P(=O)(O)O)cc2)cc1. The molecule has 3 rings (SSSR count). The first-order valence-electron chi connectivity index (χ1n) is 8.75. The van der Waals surface area contributed by atoms with Gasteiger partial charge in [0.1, 0.15) is 0 Å². The van der Waals surface area contributed by atoms with Crippen LogP contribution in [0.4, 0.5) is 0 Å². The van der Waals surface area contributed by atoms with Crippen molar-refractivity contribution in [3.05, 3.63) is 89.5 Å². The molecule has 0 aromatic heterocycles. The van der Waals surface area contributed by atoms with E-state index in [0.717, 1.165) is 0 Å². The monoisotopic (exact) mass is 484 g/mol. The van der Waals surface area contributed by atoms with Crippen LogP contribution in [0.25, 0.3) is 0 Å². The van der Waals surface area contributed by atoms with E-state index in [2.05, 4.69) is 0 Å². The van der Waals surface area contributed by atoms with Crippen molar-refractivity contribution in [2.75, 3.05) is 0 Å². The Morgan fingerprint density at radius 2 is 0.613 bits per heavy atom. The highest BCUT2D eigenvalue weighted by Crippen LogP contribution is 2.38. The Labute approximate surface area is 177 Å². The zero-order valence-corrected chi connectivity index (χ0v) is 18.4. The molecule has 0 aliphatic heterocycles. The third-order valence-electron chi connectivity index (χ3n) is 4.69. The van der Waals surface area contributed by atoms with Gasteiger partial charge in [-0.25, -0.2) is 0 Å². The van der Waals surface area contributed by atoms with Gasteiger partial charge in [-0.3, -0.25) is 13.7 Å². The van der Waals surface area contributed by atoms with E-state index in [1.165, 1.54) is 72.8 Å². The molecule has 0 unspecified atom stereocenters. The van der Waals surface area contributed by atoms with Crippen molar-refractivity contribution in [3.8, 4) is 0 Å². The summed E-state index contributed by atoms with van der Waals surface area (Å²) in [4.78, 5) is 56.0. The van der Waals surface area contributed by atoms with E-state index in [1.807, 2.05) is 0 Å². The topological polar surface area (TPSA) is 173 Å². The van der Waals surface area contributed by atoms with Crippen LogP contribution in [0, 0.1) is 0 Å². The standard InChI is InChI=1S/C19H19O9P3/c20-29(21,22)16-7-1-13(2-8-16)19(14-3-9-17(10-4-14)30(23,24)25)15-5-11-18(12-6-15)31(26,27)28/h1-12,19H,(H2,20,21,22)(H2,23,24,25)(H2,26,27,28). The maximum Gasteiger partial charge on any atom is 0.356 e. The van der Waals surface area contributed by atoms with Crippen molar-refractivity contribution in [3.63, 3.8) is 0 Å². The van der Waals surface area contributed by atoms with E-state index in [4.69, 9.17) is 0 Å². The number of benzene rings is 3. The lowest BCUT2D eigenvalue weighted by molar-refractivity contribution is 0.385. The number of rotatable bonds is 6. The summed E-state index contributed by atoms with van der Waals surface area (Å²) in [5.41, 5.74) is 1.85. The van der Waals surface area contributed by atoms with Gasteiger partial charge in [0.2, 0.25) is 0 Å². The fourth-order valence-corrected chi connectivity index (χ4v) is 4.77. The molecule has 0 aliphatic carbocycles.